The Kier molecular flexibility index (Phi) is 5.62. The predicted octanol–water partition coefficient (Wildman–Crippen LogP) is 1.61. The molecule has 12 heteroatoms. The van der Waals surface area contributed by atoms with E-state index in [4.69, 9.17) is 11.5 Å². The van der Waals surface area contributed by atoms with Crippen molar-refractivity contribution in [2.75, 3.05) is 0 Å². The van der Waals surface area contributed by atoms with Crippen LogP contribution in [-0.2, 0) is 22.6 Å². The van der Waals surface area contributed by atoms with Gasteiger partial charge in [0.15, 0.2) is 11.4 Å². The quantitative estimate of drug-likeness (QED) is 0.193. The number of hydrogen-bond acceptors (Lipinski definition) is 10. The maximum Gasteiger partial charge on any atom is 0.270 e. The van der Waals surface area contributed by atoms with Gasteiger partial charge in [0, 0.05) is 42.2 Å². The Hall–Kier alpha value is -4.55. The number of carbonyl (C=O) groups excluding carboxylic acids is 3. The monoisotopic (exact) mass is 521 g/mol. The summed E-state index contributed by atoms with van der Waals surface area (Å²) in [7, 11) is 0. The van der Waals surface area contributed by atoms with Crippen molar-refractivity contribution in [3.63, 3.8) is 0 Å². The number of nitrogens with two attached hydrogens (primary N) is 2. The maximum absolute atomic E-state index is 13.8. The summed E-state index contributed by atoms with van der Waals surface area (Å²) in [5.74, 6) is -7.27. The van der Waals surface area contributed by atoms with Gasteiger partial charge in [0.05, 0.1) is 10.5 Å². The molecule has 12 nitrogen and oxygen atoms in total. The van der Waals surface area contributed by atoms with E-state index >= 15 is 0 Å². The zero-order valence-corrected chi connectivity index (χ0v) is 19.8. The summed E-state index contributed by atoms with van der Waals surface area (Å²) in [6.07, 6.45) is -0.313. The topological polar surface area (TPSA) is 227 Å². The molecule has 0 spiro atoms. The molecule has 0 bridgehead atoms. The lowest BCUT2D eigenvalue weighted by molar-refractivity contribution is -0.384. The Bertz CT molecular complexity index is 1540. The van der Waals surface area contributed by atoms with Crippen LogP contribution in [0.2, 0.25) is 0 Å². The van der Waals surface area contributed by atoms with Crippen LogP contribution in [0, 0.1) is 22.0 Å². The first-order chi connectivity index (χ1) is 17.9. The average molecular weight is 521 g/mol. The van der Waals surface area contributed by atoms with E-state index in [0.29, 0.717) is 16.7 Å². The highest BCUT2D eigenvalue weighted by atomic mass is 16.6. The lowest BCUT2D eigenvalue weighted by Gasteiger charge is -2.45. The van der Waals surface area contributed by atoms with Crippen molar-refractivity contribution >= 4 is 23.2 Å². The third-order valence-electron chi connectivity index (χ3n) is 7.73. The molecule has 3 aliphatic rings. The maximum atomic E-state index is 13.8. The van der Waals surface area contributed by atoms with E-state index in [1.165, 1.54) is 18.2 Å². The second kappa shape index (κ2) is 8.50. The van der Waals surface area contributed by atoms with E-state index in [-0.39, 0.29) is 48.2 Å². The second-order valence-electron chi connectivity index (χ2n) is 9.71. The van der Waals surface area contributed by atoms with Gasteiger partial charge in [0.25, 0.3) is 11.6 Å². The minimum Gasteiger partial charge on any atom is -0.511 e. The number of rotatable bonds is 4. The van der Waals surface area contributed by atoms with Gasteiger partial charge in [0.1, 0.15) is 22.8 Å². The van der Waals surface area contributed by atoms with E-state index in [1.807, 2.05) is 0 Å². The first-order valence-electron chi connectivity index (χ1n) is 11.7. The molecule has 0 unspecified atom stereocenters. The average Bonchev–Trinajstić information content (AvgIpc) is 2.86. The van der Waals surface area contributed by atoms with Gasteiger partial charge >= 0.3 is 0 Å². The van der Waals surface area contributed by atoms with Crippen molar-refractivity contribution in [3.05, 3.63) is 79.8 Å². The number of Topliss-reactive ketones (excluding diaryl/α,β-unsaturated/α-hetero) is 2. The van der Waals surface area contributed by atoms with Gasteiger partial charge in [-0.05, 0) is 41.5 Å². The van der Waals surface area contributed by atoms with Gasteiger partial charge in [-0.25, -0.2) is 0 Å². The highest BCUT2D eigenvalue weighted by molar-refractivity contribution is 6.24. The van der Waals surface area contributed by atoms with Gasteiger partial charge in [0.2, 0.25) is 5.78 Å². The van der Waals surface area contributed by atoms with E-state index in [0.717, 1.165) is 0 Å². The number of primary amides is 1. The number of nitro benzene ring substituents is 1. The van der Waals surface area contributed by atoms with Crippen LogP contribution < -0.4 is 11.5 Å². The SMILES string of the molecule is NCc1cc(-c2cccc([N+](=O)[O-])c2)c2c(c1O)C(=O)C1=C(O)[C@]3(O)C(=O)C(C(N)=O)=C(O)C[C@@H]3C[C@@H]1C2. The molecule has 1 amide bonds. The van der Waals surface area contributed by atoms with Crippen LogP contribution in [0.4, 0.5) is 5.69 Å². The van der Waals surface area contributed by atoms with Crippen molar-refractivity contribution in [3.8, 4) is 16.9 Å². The van der Waals surface area contributed by atoms with Crippen LogP contribution in [0.3, 0.4) is 0 Å². The summed E-state index contributed by atoms with van der Waals surface area (Å²) in [5.41, 5.74) is 8.16. The number of carbonyl (C=O) groups is 3. The Morgan fingerprint density at radius 2 is 1.87 bits per heavy atom. The van der Waals surface area contributed by atoms with Crippen molar-refractivity contribution in [2.24, 2.45) is 23.3 Å². The summed E-state index contributed by atoms with van der Waals surface area (Å²) in [5, 5.41) is 55.1. The number of hydrogen-bond donors (Lipinski definition) is 6. The van der Waals surface area contributed by atoms with Crippen LogP contribution in [0.15, 0.2) is 53.0 Å². The molecule has 0 heterocycles. The molecular formula is C26H23N3O9. The Balaban J connectivity index is 1.73. The fraction of sp³-hybridized carbons (Fsp3) is 0.269. The molecule has 5 rings (SSSR count). The minimum absolute atomic E-state index is 0.0311. The Labute approximate surface area is 214 Å². The van der Waals surface area contributed by atoms with Crippen LogP contribution in [0.5, 0.6) is 5.75 Å². The van der Waals surface area contributed by atoms with Crippen molar-refractivity contribution in [1.82, 2.24) is 0 Å². The normalized spacial score (nSPS) is 24.6. The van der Waals surface area contributed by atoms with Gasteiger partial charge in [-0.3, -0.25) is 24.5 Å². The second-order valence-corrected chi connectivity index (χ2v) is 9.71. The number of non-ortho nitro benzene ring substituents is 1. The number of benzene rings is 2. The molecular weight excluding hydrogens is 498 g/mol. The molecule has 8 N–H and O–H groups in total. The van der Waals surface area contributed by atoms with Gasteiger partial charge in [-0.15, -0.1) is 0 Å². The van der Waals surface area contributed by atoms with Crippen molar-refractivity contribution in [1.29, 1.82) is 0 Å². The van der Waals surface area contributed by atoms with Gasteiger partial charge in [-0.2, -0.15) is 0 Å². The molecule has 0 aliphatic heterocycles. The highest BCUT2D eigenvalue weighted by Gasteiger charge is 2.59. The number of aliphatic hydroxyl groups excluding tert-OH is 2. The van der Waals surface area contributed by atoms with E-state index < -0.39 is 62.7 Å². The summed E-state index contributed by atoms with van der Waals surface area (Å²) in [6, 6.07) is 7.28. The number of allylic oxidation sites excluding steroid dienone is 2. The van der Waals surface area contributed by atoms with Crippen molar-refractivity contribution in [2.45, 2.75) is 31.4 Å². The summed E-state index contributed by atoms with van der Waals surface area (Å²) < 4.78 is 0. The third kappa shape index (κ3) is 3.34. The first kappa shape index (κ1) is 25.1. The van der Waals surface area contributed by atoms with Crippen LogP contribution >= 0.6 is 0 Å². The molecule has 0 saturated heterocycles. The number of nitro groups is 1. The number of amides is 1. The molecule has 0 saturated carbocycles. The number of nitrogens with zero attached hydrogens (tertiary/aromatic N) is 1. The molecule has 2 aromatic carbocycles. The number of aliphatic hydroxyl groups is 3. The molecule has 2 aromatic rings. The fourth-order valence-electron chi connectivity index (χ4n) is 5.94. The molecule has 38 heavy (non-hydrogen) atoms. The molecule has 0 radical (unpaired) electrons. The lowest BCUT2D eigenvalue weighted by Crippen LogP contribution is -2.57. The van der Waals surface area contributed by atoms with Crippen LogP contribution in [0.25, 0.3) is 11.1 Å². The molecule has 3 aliphatic carbocycles. The zero-order valence-electron chi connectivity index (χ0n) is 19.8. The number of phenolic OH excluding ortho intramolecular Hbond substituents is 1. The van der Waals surface area contributed by atoms with Crippen molar-refractivity contribution < 1.29 is 39.7 Å². The van der Waals surface area contributed by atoms with E-state index in [2.05, 4.69) is 0 Å². The number of ketones is 2. The summed E-state index contributed by atoms with van der Waals surface area (Å²) in [6.45, 7) is -0.181. The van der Waals surface area contributed by atoms with Gasteiger partial charge in [-0.1, -0.05) is 12.1 Å². The van der Waals surface area contributed by atoms with Crippen LogP contribution in [-0.4, -0.2) is 48.4 Å². The molecule has 0 fully saturated rings. The standard InChI is InChI=1S/C26H23N3O9/c27-9-12-7-15(10-2-1-3-14(5-10)29(37)38)16-6-11-4-13-8-17(30)20(25(28)35)24(34)26(13,36)23(33)18(11)22(32)19(16)21(12)31/h1-3,5,7,11,13,30-31,33,36H,4,6,8-9,27H2,(H2,28,35)/t11-,13+,26+/m1/s1. The summed E-state index contributed by atoms with van der Waals surface area (Å²) >= 11 is 0. The van der Waals surface area contributed by atoms with Crippen LogP contribution in [0.1, 0.15) is 34.3 Å². The summed E-state index contributed by atoms with van der Waals surface area (Å²) in [4.78, 5) is 49.5. The number of phenols is 1. The fourth-order valence-corrected chi connectivity index (χ4v) is 5.94. The molecule has 0 aromatic heterocycles. The predicted molar refractivity (Wildman–Crippen MR) is 131 cm³/mol. The highest BCUT2D eigenvalue weighted by Crippen LogP contribution is 2.52. The van der Waals surface area contributed by atoms with Gasteiger partial charge < -0.3 is 31.9 Å². The van der Waals surface area contributed by atoms with E-state index in [1.54, 1.807) is 12.1 Å². The van der Waals surface area contributed by atoms with E-state index in [9.17, 15) is 44.9 Å². The Morgan fingerprint density at radius 1 is 1.16 bits per heavy atom. The zero-order chi connectivity index (χ0) is 27.7. The molecule has 196 valence electrons. The minimum atomic E-state index is -2.67. The largest absolute Gasteiger partial charge is 0.511 e. The molecule has 3 atom stereocenters. The lowest BCUT2D eigenvalue weighted by atomic mass is 9.60. The smallest absolute Gasteiger partial charge is 0.270 e. The Morgan fingerprint density at radius 3 is 2.50 bits per heavy atom. The first-order valence-corrected chi connectivity index (χ1v) is 11.7. The number of fused-ring (bicyclic) bond motifs is 3. The third-order valence-corrected chi connectivity index (χ3v) is 7.73. The number of aromatic hydroxyl groups is 1.